The van der Waals surface area contributed by atoms with Crippen molar-refractivity contribution in [3.63, 3.8) is 0 Å². The van der Waals surface area contributed by atoms with Gasteiger partial charge < -0.3 is 10.2 Å². The lowest BCUT2D eigenvalue weighted by Gasteiger charge is -2.47. The second kappa shape index (κ2) is 6.02. The van der Waals surface area contributed by atoms with E-state index in [2.05, 4.69) is 45.2 Å². The number of hydrogen-bond donors (Lipinski definition) is 1. The number of nitrogens with zero attached hydrogens (tertiary/aromatic N) is 1. The van der Waals surface area contributed by atoms with Gasteiger partial charge in [-0.1, -0.05) is 26.7 Å². The average Bonchev–Trinajstić information content (AvgIpc) is 2.78. The van der Waals surface area contributed by atoms with E-state index in [4.69, 9.17) is 0 Å². The predicted molar refractivity (Wildman–Crippen MR) is 71.8 cm³/mol. The highest BCUT2D eigenvalue weighted by Gasteiger charge is 2.41. The summed E-state index contributed by atoms with van der Waals surface area (Å²) in [7, 11) is 6.63. The van der Waals surface area contributed by atoms with Crippen molar-refractivity contribution < 1.29 is 0 Å². The molecule has 1 atom stereocenters. The number of nitrogens with one attached hydrogen (secondary N) is 1. The van der Waals surface area contributed by atoms with Crippen LogP contribution < -0.4 is 5.32 Å². The lowest BCUT2D eigenvalue weighted by molar-refractivity contribution is 0.0641. The first kappa shape index (κ1) is 14.0. The molecule has 2 heteroatoms. The summed E-state index contributed by atoms with van der Waals surface area (Å²) in [4.78, 5) is 2.45. The Bertz CT molecular complexity index is 191. The lowest BCUT2D eigenvalue weighted by Crippen LogP contribution is -2.60. The fourth-order valence-corrected chi connectivity index (χ4v) is 3.83. The summed E-state index contributed by atoms with van der Waals surface area (Å²) in [5, 5.41) is 3.63. The van der Waals surface area contributed by atoms with Crippen LogP contribution in [0.15, 0.2) is 0 Å². The predicted octanol–water partition coefficient (Wildman–Crippen LogP) is 2.89. The van der Waals surface area contributed by atoms with Gasteiger partial charge in [-0.2, -0.15) is 0 Å². The van der Waals surface area contributed by atoms with Crippen molar-refractivity contribution in [2.24, 2.45) is 5.92 Å². The van der Waals surface area contributed by atoms with Gasteiger partial charge in [0.05, 0.1) is 0 Å². The smallest absolute Gasteiger partial charge is 0.0353 e. The van der Waals surface area contributed by atoms with Crippen molar-refractivity contribution in [2.45, 2.75) is 64.0 Å². The minimum atomic E-state index is 0.337. The van der Waals surface area contributed by atoms with Gasteiger partial charge in [0, 0.05) is 11.6 Å². The molecule has 2 nitrogen and oxygen atoms in total. The molecule has 1 aliphatic carbocycles. The molecule has 0 aliphatic heterocycles. The molecule has 0 aromatic heterocycles. The molecule has 0 amide bonds. The van der Waals surface area contributed by atoms with E-state index >= 15 is 0 Å². The van der Waals surface area contributed by atoms with Gasteiger partial charge in [0.1, 0.15) is 0 Å². The maximum Gasteiger partial charge on any atom is 0.0353 e. The molecule has 1 fully saturated rings. The van der Waals surface area contributed by atoms with E-state index in [1.165, 1.54) is 38.5 Å². The molecule has 0 saturated heterocycles. The van der Waals surface area contributed by atoms with Crippen molar-refractivity contribution in [2.75, 3.05) is 21.1 Å². The standard InChI is InChI=1S/C14H30N2/c1-6-14(7-2,16(4)5)13(15-3)12-10-8-9-11-12/h12-13,15H,6-11H2,1-5H3. The summed E-state index contributed by atoms with van der Waals surface area (Å²) >= 11 is 0. The molecule has 1 rings (SSSR count). The van der Waals surface area contributed by atoms with Crippen LogP contribution in [0.5, 0.6) is 0 Å². The first-order valence-corrected chi connectivity index (χ1v) is 6.97. The van der Waals surface area contributed by atoms with Crippen LogP contribution in [0.3, 0.4) is 0 Å². The van der Waals surface area contributed by atoms with Crippen molar-refractivity contribution in [1.82, 2.24) is 10.2 Å². The third-order valence-electron chi connectivity index (χ3n) is 4.88. The Morgan fingerprint density at radius 1 is 1.19 bits per heavy atom. The number of hydrogen-bond acceptors (Lipinski definition) is 2. The molecule has 1 aliphatic rings. The largest absolute Gasteiger partial charge is 0.315 e. The monoisotopic (exact) mass is 226 g/mol. The Morgan fingerprint density at radius 3 is 2.00 bits per heavy atom. The zero-order valence-corrected chi connectivity index (χ0v) is 11.8. The molecule has 96 valence electrons. The highest BCUT2D eigenvalue weighted by molar-refractivity contribution is 5.00. The summed E-state index contributed by atoms with van der Waals surface area (Å²) in [6.07, 6.45) is 8.17. The van der Waals surface area contributed by atoms with Gasteiger partial charge in [-0.05, 0) is 52.7 Å². The van der Waals surface area contributed by atoms with Crippen LogP contribution in [0.4, 0.5) is 0 Å². The molecule has 0 bridgehead atoms. The second-order valence-corrected chi connectivity index (χ2v) is 5.52. The van der Waals surface area contributed by atoms with Gasteiger partial charge in [-0.25, -0.2) is 0 Å². The molecule has 0 aromatic carbocycles. The molecular formula is C14H30N2. The van der Waals surface area contributed by atoms with E-state index in [0.717, 1.165) is 5.92 Å². The Hall–Kier alpha value is -0.0800. The van der Waals surface area contributed by atoms with Crippen molar-refractivity contribution in [3.8, 4) is 0 Å². The van der Waals surface area contributed by atoms with E-state index < -0.39 is 0 Å². The van der Waals surface area contributed by atoms with Crippen LogP contribution in [0.1, 0.15) is 52.4 Å². The fourth-order valence-electron chi connectivity index (χ4n) is 3.83. The molecule has 0 aromatic rings. The van der Waals surface area contributed by atoms with Crippen molar-refractivity contribution in [1.29, 1.82) is 0 Å². The third-order valence-corrected chi connectivity index (χ3v) is 4.88. The van der Waals surface area contributed by atoms with Crippen LogP contribution in [-0.4, -0.2) is 37.6 Å². The van der Waals surface area contributed by atoms with E-state index in [1.807, 2.05) is 0 Å². The highest BCUT2D eigenvalue weighted by Crippen LogP contribution is 2.37. The Labute approximate surface area is 102 Å². The van der Waals surface area contributed by atoms with Gasteiger partial charge in [-0.15, -0.1) is 0 Å². The van der Waals surface area contributed by atoms with Crippen LogP contribution in [0.25, 0.3) is 0 Å². The molecule has 16 heavy (non-hydrogen) atoms. The van der Waals surface area contributed by atoms with Gasteiger partial charge in [0.15, 0.2) is 0 Å². The average molecular weight is 226 g/mol. The third kappa shape index (κ3) is 2.43. The maximum atomic E-state index is 3.63. The van der Waals surface area contributed by atoms with E-state index in [-0.39, 0.29) is 0 Å². The zero-order valence-electron chi connectivity index (χ0n) is 11.8. The first-order chi connectivity index (χ1) is 7.62. The quantitative estimate of drug-likeness (QED) is 0.749. The van der Waals surface area contributed by atoms with Crippen LogP contribution in [-0.2, 0) is 0 Å². The van der Waals surface area contributed by atoms with Gasteiger partial charge in [0.2, 0.25) is 0 Å². The first-order valence-electron chi connectivity index (χ1n) is 6.97. The number of likely N-dealkylation sites (N-methyl/N-ethyl adjacent to an activating group) is 2. The topological polar surface area (TPSA) is 15.3 Å². The summed E-state index contributed by atoms with van der Waals surface area (Å²) < 4.78 is 0. The van der Waals surface area contributed by atoms with E-state index in [9.17, 15) is 0 Å². The Morgan fingerprint density at radius 2 is 1.69 bits per heavy atom. The van der Waals surface area contributed by atoms with Crippen LogP contribution >= 0.6 is 0 Å². The minimum Gasteiger partial charge on any atom is -0.315 e. The molecular weight excluding hydrogens is 196 g/mol. The van der Waals surface area contributed by atoms with Crippen LogP contribution in [0.2, 0.25) is 0 Å². The van der Waals surface area contributed by atoms with E-state index in [1.54, 1.807) is 0 Å². The summed E-state index contributed by atoms with van der Waals surface area (Å²) in [5.41, 5.74) is 0.337. The molecule has 1 saturated carbocycles. The molecule has 0 spiro atoms. The van der Waals surface area contributed by atoms with Gasteiger partial charge in [-0.3, -0.25) is 0 Å². The van der Waals surface area contributed by atoms with Crippen molar-refractivity contribution in [3.05, 3.63) is 0 Å². The minimum absolute atomic E-state index is 0.337. The second-order valence-electron chi connectivity index (χ2n) is 5.52. The summed E-state index contributed by atoms with van der Waals surface area (Å²) in [5.74, 6) is 0.882. The molecule has 0 radical (unpaired) electrons. The molecule has 1 N–H and O–H groups in total. The number of rotatable bonds is 6. The fraction of sp³-hybridized carbons (Fsp3) is 1.00. The zero-order chi connectivity index (χ0) is 12.2. The van der Waals surface area contributed by atoms with Gasteiger partial charge in [0.25, 0.3) is 0 Å². The van der Waals surface area contributed by atoms with Crippen LogP contribution in [0, 0.1) is 5.92 Å². The van der Waals surface area contributed by atoms with Crippen molar-refractivity contribution >= 4 is 0 Å². The summed E-state index contributed by atoms with van der Waals surface area (Å²) in [6.45, 7) is 4.67. The SMILES string of the molecule is CCC(CC)(C(NC)C1CCCC1)N(C)C. The van der Waals surface area contributed by atoms with Gasteiger partial charge >= 0.3 is 0 Å². The molecule has 1 unspecified atom stereocenters. The van der Waals surface area contributed by atoms with E-state index in [0.29, 0.717) is 11.6 Å². The lowest BCUT2D eigenvalue weighted by atomic mass is 9.76. The normalized spacial score (nSPS) is 20.6. The highest BCUT2D eigenvalue weighted by atomic mass is 15.2. The summed E-state index contributed by atoms with van der Waals surface area (Å²) in [6, 6.07) is 0.653. The maximum absolute atomic E-state index is 3.63. The molecule has 0 heterocycles. The Kier molecular flexibility index (Phi) is 5.26. The Balaban J connectivity index is 2.87.